The van der Waals surface area contributed by atoms with Gasteiger partial charge in [-0.3, -0.25) is 48.7 Å². The summed E-state index contributed by atoms with van der Waals surface area (Å²) in [6.45, 7) is 8.54. The van der Waals surface area contributed by atoms with Crippen molar-refractivity contribution in [3.8, 4) is 57.1 Å². The first-order valence-electron chi connectivity index (χ1n) is 39.5. The summed E-state index contributed by atoms with van der Waals surface area (Å²) in [4.78, 5) is 149. The highest BCUT2D eigenvalue weighted by molar-refractivity contribution is 6.42. The van der Waals surface area contributed by atoms with Crippen molar-refractivity contribution in [2.75, 3.05) is 52.9 Å². The molecule has 24 N–H and O–H groups in total. The number of nitrogens with one attached hydrogen (secondary N) is 11. The fourth-order valence-electron chi connectivity index (χ4n) is 15.5. The lowest BCUT2D eigenvalue weighted by molar-refractivity contribution is -0.334. The number of primary amides is 2. The predicted molar refractivity (Wildman–Crippen MR) is 443 cm³/mol. The summed E-state index contributed by atoms with van der Waals surface area (Å²) in [6, 6.07) is 2.57. The number of carbonyl (C=O) groups excluding carboxylic acids is 10. The molecule has 672 valence electrons. The molecular formula is C81H95Cl4N15O25. The third kappa shape index (κ3) is 21.5. The van der Waals surface area contributed by atoms with Crippen molar-refractivity contribution in [2.45, 2.75) is 163 Å². The quantitative estimate of drug-likeness (QED) is 0.0506. The van der Waals surface area contributed by atoms with Gasteiger partial charge in [-0.15, -0.1) is 0 Å². The van der Waals surface area contributed by atoms with Crippen LogP contribution in [-0.2, 0) is 59.1 Å². The molecule has 18 unspecified atom stereocenters. The number of aliphatic hydroxyl groups excluding tert-OH is 6. The van der Waals surface area contributed by atoms with Gasteiger partial charge in [0, 0.05) is 75.0 Å². The number of fused-ring (bicyclic) bond motifs is 15. The number of benzene rings is 6. The molecule has 0 aliphatic carbocycles. The topological polar surface area (TPSA) is 599 Å². The maximum absolute atomic E-state index is 16.3. The van der Waals surface area contributed by atoms with E-state index in [1.165, 1.54) is 19.2 Å². The molecule has 0 spiro atoms. The number of aliphatic hydroxyl groups is 6. The average Bonchev–Trinajstić information content (AvgIpc) is 0.769. The molecule has 125 heavy (non-hydrogen) atoms. The molecular weight excluding hydrogens is 1720 g/mol. The minimum atomic E-state index is -2.40. The summed E-state index contributed by atoms with van der Waals surface area (Å²) >= 11 is 26.6. The van der Waals surface area contributed by atoms with Crippen molar-refractivity contribution >= 4 is 106 Å². The van der Waals surface area contributed by atoms with E-state index in [0.29, 0.717) is 42.8 Å². The lowest BCUT2D eigenvalue weighted by Crippen LogP contribution is -2.66. The monoisotopic (exact) mass is 1820 g/mol. The number of rotatable bonds is 19. The van der Waals surface area contributed by atoms with Gasteiger partial charge in [0.2, 0.25) is 53.4 Å². The molecule has 8 heterocycles. The molecule has 40 nitrogen and oxygen atoms in total. The van der Waals surface area contributed by atoms with Crippen molar-refractivity contribution in [1.29, 1.82) is 0 Å². The molecule has 0 saturated carbocycles. The first kappa shape index (κ1) is 93.3. The van der Waals surface area contributed by atoms with Crippen molar-refractivity contribution in [2.24, 2.45) is 17.4 Å². The number of urea groups is 2. The van der Waals surface area contributed by atoms with Gasteiger partial charge in [-0.2, -0.15) is 0 Å². The van der Waals surface area contributed by atoms with Gasteiger partial charge < -0.3 is 139 Å². The van der Waals surface area contributed by atoms with Crippen LogP contribution in [0.25, 0.3) is 11.1 Å². The third-order valence-corrected chi connectivity index (χ3v) is 23.4. The molecule has 44 heteroatoms. The van der Waals surface area contributed by atoms with Gasteiger partial charge in [-0.1, -0.05) is 84.5 Å². The zero-order chi connectivity index (χ0) is 90.5. The molecule has 14 rings (SSSR count). The lowest BCUT2D eigenvalue weighted by Gasteiger charge is -2.48. The van der Waals surface area contributed by atoms with Gasteiger partial charge in [-0.25, -0.2) is 15.0 Å². The number of nitrogens with zero attached hydrogens (tertiary/aromatic N) is 2. The van der Waals surface area contributed by atoms with E-state index in [1.54, 1.807) is 36.9 Å². The maximum Gasteiger partial charge on any atom is 0.330 e. The van der Waals surface area contributed by atoms with E-state index in [4.69, 9.17) is 86.3 Å². The van der Waals surface area contributed by atoms with Crippen LogP contribution in [0.15, 0.2) is 97.1 Å². The molecule has 8 aliphatic heterocycles. The van der Waals surface area contributed by atoms with E-state index in [1.807, 2.05) is 24.7 Å². The van der Waals surface area contributed by atoms with Gasteiger partial charge in [0.05, 0.1) is 51.4 Å². The molecule has 0 radical (unpaired) electrons. The summed E-state index contributed by atoms with van der Waals surface area (Å²) in [5.74, 6) is -15.9. The number of halogens is 4. The number of phenolic OH excluding ortho intramolecular Hbond substituents is 3. The maximum atomic E-state index is 16.3. The normalized spacial score (nSPS) is 26.8. The number of hydrogen-bond acceptors (Lipinski definition) is 28. The highest BCUT2D eigenvalue weighted by atomic mass is 35.5. The second-order valence-corrected chi connectivity index (χ2v) is 33.1. The number of nitrogens with two attached hydrogens (primary N) is 2. The highest BCUT2D eigenvalue weighted by Gasteiger charge is 2.52. The Morgan fingerprint density at radius 1 is 0.664 bits per heavy atom. The number of piperazine rings is 1. The number of aromatic hydroxyl groups is 3. The molecule has 11 bridgehead atoms. The molecule has 3 saturated heterocycles. The van der Waals surface area contributed by atoms with Crippen LogP contribution in [0.1, 0.15) is 111 Å². The van der Waals surface area contributed by atoms with Gasteiger partial charge >= 0.3 is 12.1 Å². The number of ether oxygens (including phenoxy) is 6. The summed E-state index contributed by atoms with van der Waals surface area (Å²) in [5.41, 5.74) is 11.5. The van der Waals surface area contributed by atoms with Gasteiger partial charge in [0.25, 0.3) is 5.91 Å². The Balaban J connectivity index is 0.985. The Hall–Kier alpha value is -10.9. The second-order valence-electron chi connectivity index (χ2n) is 31.4. The molecule has 8 aliphatic rings. The fraction of sp³-hybridized carbons (Fsp3) is 0.432. The Labute approximate surface area is 733 Å². The van der Waals surface area contributed by atoms with Crippen molar-refractivity contribution < 1.29 is 122 Å². The van der Waals surface area contributed by atoms with Gasteiger partial charge in [0.15, 0.2) is 23.9 Å². The minimum Gasteiger partial charge on any atom is -0.508 e. The molecule has 6 aromatic carbocycles. The molecule has 3 fully saturated rings. The summed E-state index contributed by atoms with van der Waals surface area (Å²) < 4.78 is 39.6. The van der Waals surface area contributed by atoms with Crippen LogP contribution >= 0.6 is 46.4 Å². The van der Waals surface area contributed by atoms with Crippen molar-refractivity contribution in [3.05, 3.63) is 151 Å². The standard InChI is InChI=1S/C81H95Cl4N15O25/c1-33(2)20-47(88-5)71(111)95-62-64(106)37-8-12-51(45(84)23-37)121-53-25-39-26-54(68(53)125-78-69(67(109)66(108)55(32-101)123-78)124-57-30-81(4,70(110)34(3)120-57)90-14-15-99-16-18-100(19-17-99)80(119)89-31-35-6-10-43(82)44(83)21-35)122-52-13-9-38(24-46(52)85)65(107)63-76(116)94-61(77(117)97-98-79(87)118)42-27-40(102)28-50(104)58(42)41-22-36(7-11-49(41)103)59(73(113)96-63)93-74(114)60(39)92-72(112)48(29-56(86)105)91-75(62)115/h6-13,21-28,33-34,47-48,55,57,59-67,69-70,78,88,90,101-104,106-110H,14-20,29-32H2,1-5H3,(H2,86,105)(H,89,119)(H,91,115)(H,92,112)(H,93,114)(H,94,116)(H,95,111)(H,96,113)(H,97,117)(H3,87,98,118). The minimum absolute atomic E-state index is 0.121. The van der Waals surface area contributed by atoms with Crippen LogP contribution in [0.3, 0.4) is 0 Å². The highest BCUT2D eigenvalue weighted by Crippen LogP contribution is 2.50. The number of likely N-dealkylation sites (N-methyl/N-ethyl adjacent to an activating group) is 1. The Morgan fingerprint density at radius 3 is 1.93 bits per heavy atom. The fourth-order valence-corrected chi connectivity index (χ4v) is 16.2. The molecule has 12 amide bonds. The summed E-state index contributed by atoms with van der Waals surface area (Å²) in [6.07, 6.45) is -19.0. The average molecular weight is 1820 g/mol. The zero-order valence-electron chi connectivity index (χ0n) is 67.5. The smallest absolute Gasteiger partial charge is 0.330 e. The predicted octanol–water partition coefficient (Wildman–Crippen LogP) is 1.19. The summed E-state index contributed by atoms with van der Waals surface area (Å²) in [5, 5.41) is 130. The molecule has 0 aromatic heterocycles. The largest absolute Gasteiger partial charge is 0.508 e. The van der Waals surface area contributed by atoms with Crippen molar-refractivity contribution in [1.82, 2.24) is 68.5 Å². The Morgan fingerprint density at radius 2 is 1.30 bits per heavy atom. The number of amides is 12. The first-order chi connectivity index (χ1) is 59.3. The van der Waals surface area contributed by atoms with E-state index in [-0.39, 0.29) is 65.3 Å². The number of hydrazine groups is 1. The molecule has 18 atom stereocenters. The van der Waals surface area contributed by atoms with Crippen molar-refractivity contribution in [3.63, 3.8) is 0 Å². The van der Waals surface area contributed by atoms with E-state index in [2.05, 4.69) is 52.8 Å². The number of carbonyl (C=O) groups is 10. The van der Waals surface area contributed by atoms with E-state index in [0.717, 1.165) is 72.3 Å². The number of phenols is 3. The van der Waals surface area contributed by atoms with Gasteiger partial charge in [-0.05, 0) is 133 Å². The molecule has 6 aromatic rings. The van der Waals surface area contributed by atoms with E-state index < -0.39 is 243 Å². The summed E-state index contributed by atoms with van der Waals surface area (Å²) in [7, 11) is 1.47. The van der Waals surface area contributed by atoms with Crippen LogP contribution in [0.2, 0.25) is 20.1 Å². The Bertz CT molecular complexity index is 5120. The van der Waals surface area contributed by atoms with Crippen LogP contribution in [-0.4, -0.2) is 247 Å². The van der Waals surface area contributed by atoms with Crippen LogP contribution in [0, 0.1) is 5.92 Å². The van der Waals surface area contributed by atoms with Gasteiger partial charge in [0.1, 0.15) is 95.5 Å². The Kier molecular flexibility index (Phi) is 29.7. The zero-order valence-corrected chi connectivity index (χ0v) is 70.5. The van der Waals surface area contributed by atoms with E-state index in [9.17, 15) is 69.9 Å². The second kappa shape index (κ2) is 39.7. The SMILES string of the molecule is CNC(CC(C)C)C(=O)NC1C(=O)NC(CC(N)=O)C(=O)NC2C(=O)NC3C(=O)NC(C(=O)NC(C(=O)NNC(N)=O)c4cc(O)cc(O)c4-c4cc3ccc4O)C(O)c3ccc(c(Cl)c3)Oc3cc2cc(c3OC2OC(CO)C(O)C(O)C2OC2CC(C)(NCCN3CCN(C(=O)NCc4ccc(Cl)c(Cl)c4)CC3)C(O)C(C)O2)Oc2ccc(cc2Cl)C1O. The third-order valence-electron chi connectivity index (χ3n) is 22.1. The van der Waals surface area contributed by atoms with Crippen LogP contribution < -0.4 is 84.4 Å². The first-order valence-corrected chi connectivity index (χ1v) is 41.0. The van der Waals surface area contributed by atoms with Crippen LogP contribution in [0.5, 0.6) is 46.0 Å². The lowest BCUT2D eigenvalue weighted by atomic mass is 9.85. The number of hydrogen-bond donors (Lipinski definition) is 22. The van der Waals surface area contributed by atoms with E-state index >= 15 is 24.0 Å². The van der Waals surface area contributed by atoms with Crippen LogP contribution in [0.4, 0.5) is 9.59 Å².